The lowest BCUT2D eigenvalue weighted by atomic mass is 10.2. The number of hydrogen-bond donors (Lipinski definition) is 1. The van der Waals surface area contributed by atoms with Crippen LogP contribution in [0.3, 0.4) is 0 Å². The second-order valence-corrected chi connectivity index (χ2v) is 6.26. The lowest BCUT2D eigenvalue weighted by Gasteiger charge is -2.10. The third kappa shape index (κ3) is 4.95. The molecule has 1 atom stereocenters. The van der Waals surface area contributed by atoms with Gasteiger partial charge in [-0.25, -0.2) is 17.9 Å². The van der Waals surface area contributed by atoms with Crippen LogP contribution >= 0.6 is 0 Å². The molecule has 0 heterocycles. The monoisotopic (exact) mass is 324 g/mol. The number of ether oxygens (including phenoxy) is 1. The van der Waals surface area contributed by atoms with Crippen LogP contribution in [-0.4, -0.2) is 32.8 Å². The molecule has 22 heavy (non-hydrogen) atoms. The van der Waals surface area contributed by atoms with Crippen molar-refractivity contribution < 1.29 is 22.7 Å². The number of carbonyl (C=O) groups is 2. The van der Waals surface area contributed by atoms with E-state index < -0.39 is 22.1 Å². The highest BCUT2D eigenvalue weighted by atomic mass is 32.2. The fourth-order valence-electron chi connectivity index (χ4n) is 1.41. The molecule has 0 aliphatic rings. The summed E-state index contributed by atoms with van der Waals surface area (Å²) in [7, 11) is -3.72. The van der Waals surface area contributed by atoms with E-state index in [9.17, 15) is 18.0 Å². The lowest BCUT2D eigenvalue weighted by molar-refractivity contribution is -0.124. The molecule has 0 aliphatic carbocycles. The Kier molecular flexibility index (Phi) is 6.22. The predicted molar refractivity (Wildman–Crippen MR) is 77.4 cm³/mol. The topological polar surface area (TPSA) is 113 Å². The van der Waals surface area contributed by atoms with Gasteiger partial charge in [-0.2, -0.15) is 5.26 Å². The summed E-state index contributed by atoms with van der Waals surface area (Å²) in [6.07, 6.45) is -0.796. The highest BCUT2D eigenvalue weighted by molar-refractivity contribution is 7.89. The standard InChI is InChI=1S/C14H16N2O5S/c1-10(17)11(2)21-14(18)12-4-6-13(7-5-12)22(19,20)16-9-3-8-15/h4-7,11,16H,3,9H2,1-2H3/t11-/m1/s1. The van der Waals surface area contributed by atoms with Crippen LogP contribution in [0, 0.1) is 11.3 Å². The molecule has 0 aromatic heterocycles. The van der Waals surface area contributed by atoms with Gasteiger partial charge in [-0.1, -0.05) is 0 Å². The first kappa shape index (κ1) is 17.8. The van der Waals surface area contributed by atoms with Crippen molar-refractivity contribution in [1.29, 1.82) is 5.26 Å². The van der Waals surface area contributed by atoms with Crippen molar-refractivity contribution in [3.63, 3.8) is 0 Å². The number of nitrogens with one attached hydrogen (secondary N) is 1. The van der Waals surface area contributed by atoms with Gasteiger partial charge in [0.25, 0.3) is 0 Å². The van der Waals surface area contributed by atoms with Crippen molar-refractivity contribution in [3.8, 4) is 6.07 Å². The van der Waals surface area contributed by atoms with Crippen molar-refractivity contribution in [1.82, 2.24) is 4.72 Å². The fourth-order valence-corrected chi connectivity index (χ4v) is 2.44. The average molecular weight is 324 g/mol. The Hall–Kier alpha value is -2.24. The van der Waals surface area contributed by atoms with E-state index in [0.29, 0.717) is 0 Å². The number of hydrogen-bond acceptors (Lipinski definition) is 6. The van der Waals surface area contributed by atoms with Crippen LogP contribution in [0.25, 0.3) is 0 Å². The van der Waals surface area contributed by atoms with E-state index in [0.717, 1.165) is 0 Å². The minimum atomic E-state index is -3.72. The minimum Gasteiger partial charge on any atom is -0.451 e. The van der Waals surface area contributed by atoms with Crippen LogP contribution in [0.5, 0.6) is 0 Å². The minimum absolute atomic E-state index is 0.0127. The Balaban J connectivity index is 2.80. The molecule has 0 saturated carbocycles. The fraction of sp³-hybridized carbons (Fsp3) is 0.357. The van der Waals surface area contributed by atoms with Gasteiger partial charge in [0.2, 0.25) is 10.0 Å². The average Bonchev–Trinajstić information content (AvgIpc) is 2.47. The third-order valence-corrected chi connectivity index (χ3v) is 4.26. The molecule has 1 aromatic rings. The first-order chi connectivity index (χ1) is 10.3. The van der Waals surface area contributed by atoms with E-state index in [1.165, 1.54) is 38.1 Å². The van der Waals surface area contributed by atoms with Gasteiger partial charge in [-0.3, -0.25) is 4.79 Å². The molecule has 118 valence electrons. The summed E-state index contributed by atoms with van der Waals surface area (Å²) in [5.74, 6) is -0.988. The van der Waals surface area contributed by atoms with Crippen LogP contribution in [0.1, 0.15) is 30.6 Å². The van der Waals surface area contributed by atoms with Crippen LogP contribution in [0.15, 0.2) is 29.2 Å². The van der Waals surface area contributed by atoms with Gasteiger partial charge in [0, 0.05) is 13.0 Å². The summed E-state index contributed by atoms with van der Waals surface area (Å²) in [5.41, 5.74) is 0.143. The summed E-state index contributed by atoms with van der Waals surface area (Å²) in [4.78, 5) is 22.8. The number of esters is 1. The maximum absolute atomic E-state index is 11.9. The number of carbonyl (C=O) groups excluding carboxylic acids is 2. The summed E-state index contributed by atoms with van der Waals surface area (Å²) in [5, 5.41) is 8.38. The quantitative estimate of drug-likeness (QED) is 0.591. The molecule has 0 aliphatic heterocycles. The maximum Gasteiger partial charge on any atom is 0.338 e. The summed E-state index contributed by atoms with van der Waals surface area (Å²) in [6, 6.07) is 6.93. The molecule has 0 radical (unpaired) electrons. The second kappa shape index (κ2) is 7.68. The normalized spacial score (nSPS) is 12.2. The first-order valence-corrected chi connectivity index (χ1v) is 7.94. The van der Waals surface area contributed by atoms with Crippen molar-refractivity contribution in [2.75, 3.05) is 6.54 Å². The largest absolute Gasteiger partial charge is 0.451 e. The number of nitriles is 1. The SMILES string of the molecule is CC(=O)[C@@H](C)OC(=O)c1ccc(S(=O)(=O)NCCC#N)cc1. The molecular weight excluding hydrogens is 308 g/mol. The van der Waals surface area contributed by atoms with Crippen LogP contribution < -0.4 is 4.72 Å². The van der Waals surface area contributed by atoms with Gasteiger partial charge in [0.15, 0.2) is 11.9 Å². The predicted octanol–water partition coefficient (Wildman–Crippen LogP) is 1.01. The summed E-state index contributed by atoms with van der Waals surface area (Å²) >= 11 is 0. The molecule has 0 unspecified atom stereocenters. The Bertz CT molecular complexity index is 689. The van der Waals surface area contributed by atoms with E-state index in [1.807, 2.05) is 6.07 Å². The maximum atomic E-state index is 11.9. The first-order valence-electron chi connectivity index (χ1n) is 6.46. The number of rotatable bonds is 7. The van der Waals surface area contributed by atoms with E-state index in [-0.39, 0.29) is 29.2 Å². The van der Waals surface area contributed by atoms with Gasteiger partial charge >= 0.3 is 5.97 Å². The van der Waals surface area contributed by atoms with E-state index in [4.69, 9.17) is 10.00 Å². The number of nitrogens with zero attached hydrogens (tertiary/aromatic N) is 1. The van der Waals surface area contributed by atoms with Gasteiger partial charge in [-0.05, 0) is 38.1 Å². The molecular formula is C14H16N2O5S. The highest BCUT2D eigenvalue weighted by Crippen LogP contribution is 2.12. The molecule has 0 amide bonds. The molecule has 0 spiro atoms. The van der Waals surface area contributed by atoms with E-state index in [2.05, 4.69) is 4.72 Å². The Morgan fingerprint density at radius 3 is 2.41 bits per heavy atom. The zero-order valence-electron chi connectivity index (χ0n) is 12.2. The van der Waals surface area contributed by atoms with Crippen LogP contribution in [-0.2, 0) is 19.6 Å². The van der Waals surface area contributed by atoms with Gasteiger partial charge in [0.05, 0.1) is 16.5 Å². The Labute approximate surface area is 128 Å². The molecule has 8 heteroatoms. The highest BCUT2D eigenvalue weighted by Gasteiger charge is 2.17. The molecule has 0 saturated heterocycles. The number of Topliss-reactive ketones (excluding diaryl/α,β-unsaturated/α-hetero) is 1. The molecule has 7 nitrogen and oxygen atoms in total. The number of sulfonamides is 1. The summed E-state index contributed by atoms with van der Waals surface area (Å²) < 4.78 is 30.9. The van der Waals surface area contributed by atoms with Gasteiger partial charge in [0.1, 0.15) is 0 Å². The van der Waals surface area contributed by atoms with Crippen LogP contribution in [0.2, 0.25) is 0 Å². The third-order valence-electron chi connectivity index (χ3n) is 2.79. The molecule has 0 fully saturated rings. The lowest BCUT2D eigenvalue weighted by Crippen LogP contribution is -2.25. The van der Waals surface area contributed by atoms with Crippen molar-refractivity contribution in [3.05, 3.63) is 29.8 Å². The molecule has 0 bridgehead atoms. The zero-order valence-corrected chi connectivity index (χ0v) is 13.0. The van der Waals surface area contributed by atoms with Gasteiger partial charge in [-0.15, -0.1) is 0 Å². The Morgan fingerprint density at radius 2 is 1.91 bits per heavy atom. The molecule has 1 aromatic carbocycles. The smallest absolute Gasteiger partial charge is 0.338 e. The van der Waals surface area contributed by atoms with Crippen molar-refractivity contribution >= 4 is 21.8 Å². The summed E-state index contributed by atoms with van der Waals surface area (Å²) in [6.45, 7) is 2.78. The number of benzene rings is 1. The van der Waals surface area contributed by atoms with E-state index in [1.54, 1.807) is 0 Å². The van der Waals surface area contributed by atoms with Crippen LogP contribution in [0.4, 0.5) is 0 Å². The van der Waals surface area contributed by atoms with Crippen molar-refractivity contribution in [2.24, 2.45) is 0 Å². The molecule has 1 rings (SSSR count). The molecule has 1 N–H and O–H groups in total. The second-order valence-electron chi connectivity index (χ2n) is 4.49. The number of ketones is 1. The van der Waals surface area contributed by atoms with E-state index >= 15 is 0 Å². The van der Waals surface area contributed by atoms with Crippen molar-refractivity contribution in [2.45, 2.75) is 31.3 Å². The zero-order chi connectivity index (χ0) is 16.8. The van der Waals surface area contributed by atoms with Gasteiger partial charge < -0.3 is 4.74 Å². The Morgan fingerprint density at radius 1 is 1.32 bits per heavy atom.